The maximum atomic E-state index is 11.8. The van der Waals surface area contributed by atoms with E-state index in [2.05, 4.69) is 30.6 Å². The highest BCUT2D eigenvalue weighted by atomic mass is 127. The van der Waals surface area contributed by atoms with E-state index in [9.17, 15) is 8.42 Å². The van der Waals surface area contributed by atoms with Crippen molar-refractivity contribution in [3.8, 4) is 0 Å². The van der Waals surface area contributed by atoms with E-state index in [0.29, 0.717) is 6.54 Å². The van der Waals surface area contributed by atoms with Crippen LogP contribution in [0.2, 0.25) is 0 Å². The van der Waals surface area contributed by atoms with E-state index < -0.39 is 10.0 Å². The van der Waals surface area contributed by atoms with Gasteiger partial charge in [-0.25, -0.2) is 18.1 Å². The van der Waals surface area contributed by atoms with E-state index >= 15 is 0 Å². The first-order chi connectivity index (χ1) is 12.4. The minimum Gasteiger partial charge on any atom is -0.357 e. The van der Waals surface area contributed by atoms with Crippen LogP contribution in [0.25, 0.3) is 0 Å². The Bertz CT molecular complexity index is 847. The Morgan fingerprint density at radius 2 is 1.89 bits per heavy atom. The van der Waals surface area contributed by atoms with Gasteiger partial charge in [0.2, 0.25) is 10.0 Å². The van der Waals surface area contributed by atoms with Crippen LogP contribution in [0.1, 0.15) is 18.2 Å². The van der Waals surface area contributed by atoms with E-state index in [0.717, 1.165) is 24.6 Å². The second-order valence-corrected chi connectivity index (χ2v) is 7.87. The van der Waals surface area contributed by atoms with Crippen LogP contribution < -0.4 is 10.0 Å². The van der Waals surface area contributed by atoms with Gasteiger partial charge < -0.3 is 14.8 Å². The van der Waals surface area contributed by atoms with Gasteiger partial charge in [0, 0.05) is 32.5 Å². The molecule has 0 atom stereocenters. The third-order valence-corrected chi connectivity index (χ3v) is 5.49. The molecule has 1 aromatic carbocycles. The zero-order chi connectivity index (χ0) is 19.2. The van der Waals surface area contributed by atoms with E-state index in [1.807, 2.05) is 33.3 Å². The van der Waals surface area contributed by atoms with Gasteiger partial charge in [0.1, 0.15) is 0 Å². The summed E-state index contributed by atoms with van der Waals surface area (Å²) in [6.45, 7) is 4.02. The molecule has 1 heterocycles. The van der Waals surface area contributed by atoms with Gasteiger partial charge >= 0.3 is 0 Å². The average Bonchev–Trinajstić information content (AvgIpc) is 3.03. The van der Waals surface area contributed by atoms with Gasteiger partial charge in [-0.2, -0.15) is 0 Å². The van der Waals surface area contributed by atoms with Crippen LogP contribution in [0.15, 0.2) is 52.5 Å². The SMILES string of the molecule is CCNC(=NCc1ccc(S(=O)(=O)NC)cc1)N(C)Cc1cccn1C.I. The Morgan fingerprint density at radius 1 is 1.22 bits per heavy atom. The third-order valence-electron chi connectivity index (χ3n) is 4.06. The van der Waals surface area contributed by atoms with Crippen LogP contribution in [0.4, 0.5) is 0 Å². The number of hydrogen-bond donors (Lipinski definition) is 2. The first-order valence-electron chi connectivity index (χ1n) is 8.49. The second kappa shape index (κ2) is 10.7. The molecule has 0 amide bonds. The van der Waals surface area contributed by atoms with E-state index in [1.54, 1.807) is 24.3 Å². The van der Waals surface area contributed by atoms with Crippen molar-refractivity contribution in [3.05, 3.63) is 53.9 Å². The monoisotopic (exact) mass is 505 g/mol. The van der Waals surface area contributed by atoms with Crippen LogP contribution in [0.3, 0.4) is 0 Å². The number of aliphatic imine (C=N–C) groups is 1. The average molecular weight is 505 g/mol. The number of aromatic nitrogens is 1. The predicted octanol–water partition coefficient (Wildman–Crippen LogP) is 2.15. The first kappa shape index (κ1) is 23.4. The van der Waals surface area contributed by atoms with E-state index in [-0.39, 0.29) is 28.9 Å². The molecule has 0 saturated heterocycles. The maximum Gasteiger partial charge on any atom is 0.240 e. The van der Waals surface area contributed by atoms with Crippen LogP contribution in [-0.4, -0.2) is 44.5 Å². The summed E-state index contributed by atoms with van der Waals surface area (Å²) in [7, 11) is 2.01. The number of rotatable bonds is 7. The Labute approximate surface area is 178 Å². The number of hydrogen-bond acceptors (Lipinski definition) is 3. The zero-order valence-corrected chi connectivity index (χ0v) is 19.3. The summed E-state index contributed by atoms with van der Waals surface area (Å²) in [5.74, 6) is 0.806. The number of halogens is 1. The van der Waals surface area contributed by atoms with Gasteiger partial charge in [-0.15, -0.1) is 24.0 Å². The summed E-state index contributed by atoms with van der Waals surface area (Å²) in [6, 6.07) is 10.9. The standard InChI is InChI=1S/C18H27N5O2S.HI/c1-5-20-18(23(4)14-16-7-6-12-22(16)3)21-13-15-8-10-17(11-9-15)26(24,25)19-2;/h6-12,19H,5,13-14H2,1-4H3,(H,20,21);1H. The summed E-state index contributed by atoms with van der Waals surface area (Å²) in [5.41, 5.74) is 2.14. The van der Waals surface area contributed by atoms with Crippen molar-refractivity contribution < 1.29 is 8.42 Å². The topological polar surface area (TPSA) is 78.7 Å². The summed E-state index contributed by atoms with van der Waals surface area (Å²) in [5, 5.41) is 3.29. The number of nitrogens with zero attached hydrogens (tertiary/aromatic N) is 3. The van der Waals surface area contributed by atoms with Crippen molar-refractivity contribution in [3.63, 3.8) is 0 Å². The molecular weight excluding hydrogens is 477 g/mol. The summed E-state index contributed by atoms with van der Waals surface area (Å²) < 4.78 is 27.9. The lowest BCUT2D eigenvalue weighted by Gasteiger charge is -2.22. The smallest absolute Gasteiger partial charge is 0.240 e. The number of benzene rings is 1. The summed E-state index contributed by atoms with van der Waals surface area (Å²) in [4.78, 5) is 6.98. The lowest BCUT2D eigenvalue weighted by atomic mass is 10.2. The quantitative estimate of drug-likeness (QED) is 0.344. The molecule has 0 radical (unpaired) electrons. The molecule has 0 aliphatic rings. The Balaban J connectivity index is 0.00000364. The van der Waals surface area contributed by atoms with E-state index in [1.165, 1.54) is 12.7 Å². The van der Waals surface area contributed by atoms with Crippen molar-refractivity contribution in [2.45, 2.75) is 24.9 Å². The largest absolute Gasteiger partial charge is 0.357 e. The lowest BCUT2D eigenvalue weighted by molar-refractivity contribution is 0.462. The number of aryl methyl sites for hydroxylation is 1. The molecule has 1 aromatic heterocycles. The maximum absolute atomic E-state index is 11.8. The number of sulfonamides is 1. The first-order valence-corrected chi connectivity index (χ1v) is 9.98. The Hall–Kier alpha value is -1.59. The highest BCUT2D eigenvalue weighted by Crippen LogP contribution is 2.11. The zero-order valence-electron chi connectivity index (χ0n) is 16.1. The van der Waals surface area contributed by atoms with Crippen molar-refractivity contribution in [2.75, 3.05) is 20.6 Å². The molecule has 7 nitrogen and oxygen atoms in total. The van der Waals surface area contributed by atoms with Gasteiger partial charge in [0.25, 0.3) is 0 Å². The Morgan fingerprint density at radius 3 is 2.41 bits per heavy atom. The predicted molar refractivity (Wildman–Crippen MR) is 120 cm³/mol. The highest BCUT2D eigenvalue weighted by molar-refractivity contribution is 14.0. The lowest BCUT2D eigenvalue weighted by Crippen LogP contribution is -2.38. The molecule has 27 heavy (non-hydrogen) atoms. The van der Waals surface area contributed by atoms with Crippen molar-refractivity contribution >= 4 is 40.0 Å². The van der Waals surface area contributed by atoms with Crippen molar-refractivity contribution in [2.24, 2.45) is 12.0 Å². The molecule has 2 N–H and O–H groups in total. The molecule has 0 unspecified atom stereocenters. The highest BCUT2D eigenvalue weighted by Gasteiger charge is 2.11. The second-order valence-electron chi connectivity index (χ2n) is 5.99. The third kappa shape index (κ3) is 6.51. The molecule has 150 valence electrons. The molecule has 2 aromatic rings. The minimum atomic E-state index is -3.41. The number of nitrogens with one attached hydrogen (secondary N) is 2. The molecule has 0 spiro atoms. The van der Waals surface area contributed by atoms with Crippen LogP contribution in [0.5, 0.6) is 0 Å². The number of guanidine groups is 1. The van der Waals surface area contributed by atoms with Gasteiger partial charge in [-0.3, -0.25) is 0 Å². The van der Waals surface area contributed by atoms with Crippen molar-refractivity contribution in [1.82, 2.24) is 19.5 Å². The van der Waals surface area contributed by atoms with Crippen molar-refractivity contribution in [1.29, 1.82) is 0 Å². The fourth-order valence-corrected chi connectivity index (χ4v) is 3.24. The van der Waals surface area contributed by atoms with Gasteiger partial charge in [-0.1, -0.05) is 12.1 Å². The summed E-state index contributed by atoms with van der Waals surface area (Å²) in [6.07, 6.45) is 2.02. The molecule has 2 rings (SSSR count). The summed E-state index contributed by atoms with van der Waals surface area (Å²) >= 11 is 0. The molecule has 0 aliphatic carbocycles. The van der Waals surface area contributed by atoms with Gasteiger partial charge in [-0.05, 0) is 43.8 Å². The van der Waals surface area contributed by atoms with Gasteiger partial charge in [0.05, 0.1) is 18.0 Å². The fraction of sp³-hybridized carbons (Fsp3) is 0.389. The van der Waals surface area contributed by atoms with Gasteiger partial charge in [0.15, 0.2) is 5.96 Å². The molecule has 0 bridgehead atoms. The normalized spacial score (nSPS) is 11.8. The minimum absolute atomic E-state index is 0. The van der Waals surface area contributed by atoms with E-state index in [4.69, 9.17) is 0 Å². The van der Waals surface area contributed by atoms with Crippen LogP contribution >= 0.6 is 24.0 Å². The Kier molecular flexibility index (Phi) is 9.27. The molecule has 0 aliphatic heterocycles. The van der Waals surface area contributed by atoms with Crippen LogP contribution in [0, 0.1) is 0 Å². The molecule has 0 fully saturated rings. The molecule has 0 saturated carbocycles. The van der Waals surface area contributed by atoms with Crippen LogP contribution in [-0.2, 0) is 30.2 Å². The fourth-order valence-electron chi connectivity index (χ4n) is 2.51. The molecule has 9 heteroatoms. The molecular formula is C18H28IN5O2S.